The van der Waals surface area contributed by atoms with Gasteiger partial charge in [0.25, 0.3) is 0 Å². The SMILES string of the molecule is Cc1c(=O)c(=O)c(C(C)C)c2oc3c(C)c(=O)c(=O)c(C(C)C)c3oc12. The molecule has 0 saturated heterocycles. The average Bonchev–Trinajstić information content (AvgIpc) is 2.57. The normalized spacial score (nSPS) is 12.0. The van der Waals surface area contributed by atoms with Crippen LogP contribution in [0.5, 0.6) is 0 Å². The van der Waals surface area contributed by atoms with E-state index in [2.05, 4.69) is 0 Å². The summed E-state index contributed by atoms with van der Waals surface area (Å²) in [6.45, 7) is 10.1. The van der Waals surface area contributed by atoms with E-state index in [0.717, 1.165) is 0 Å². The van der Waals surface area contributed by atoms with Crippen LogP contribution >= 0.6 is 0 Å². The smallest absolute Gasteiger partial charge is 0.233 e. The Balaban J connectivity index is 2.75. The Morgan fingerprint density at radius 2 is 0.846 bits per heavy atom. The third-order valence-electron chi connectivity index (χ3n) is 4.73. The fraction of sp³-hybridized carbons (Fsp3) is 0.400. The highest BCUT2D eigenvalue weighted by molar-refractivity contribution is 5.86. The highest BCUT2D eigenvalue weighted by atomic mass is 16.4. The molecule has 0 saturated carbocycles. The van der Waals surface area contributed by atoms with Gasteiger partial charge in [-0.05, 0) is 25.7 Å². The maximum atomic E-state index is 12.4. The Morgan fingerprint density at radius 3 is 1.12 bits per heavy atom. The molecule has 0 aliphatic carbocycles. The van der Waals surface area contributed by atoms with Gasteiger partial charge in [-0.1, -0.05) is 27.7 Å². The minimum Gasteiger partial charge on any atom is -0.449 e. The van der Waals surface area contributed by atoms with Gasteiger partial charge in [-0.15, -0.1) is 0 Å². The van der Waals surface area contributed by atoms with Crippen molar-refractivity contribution in [3.63, 3.8) is 0 Å². The second kappa shape index (κ2) is 5.90. The molecular formula is C20H20O6. The molecule has 1 aromatic heterocycles. The Labute approximate surface area is 148 Å². The monoisotopic (exact) mass is 356 g/mol. The van der Waals surface area contributed by atoms with E-state index in [9.17, 15) is 19.2 Å². The van der Waals surface area contributed by atoms with Gasteiger partial charge in [-0.3, -0.25) is 19.2 Å². The summed E-state index contributed by atoms with van der Waals surface area (Å²) < 4.78 is 11.9. The van der Waals surface area contributed by atoms with Gasteiger partial charge in [0.2, 0.25) is 21.7 Å². The summed E-state index contributed by atoms with van der Waals surface area (Å²) in [5.41, 5.74) is -1.27. The molecule has 26 heavy (non-hydrogen) atoms. The van der Waals surface area contributed by atoms with E-state index in [1.807, 2.05) is 0 Å². The van der Waals surface area contributed by atoms with Crippen LogP contribution in [0.3, 0.4) is 0 Å². The molecule has 2 aromatic carbocycles. The van der Waals surface area contributed by atoms with Crippen molar-refractivity contribution in [1.29, 1.82) is 0 Å². The van der Waals surface area contributed by atoms with Crippen molar-refractivity contribution in [3.8, 4) is 0 Å². The van der Waals surface area contributed by atoms with Crippen molar-refractivity contribution in [2.45, 2.75) is 53.4 Å². The highest BCUT2D eigenvalue weighted by Crippen LogP contribution is 2.31. The van der Waals surface area contributed by atoms with Crippen LogP contribution in [-0.4, -0.2) is 0 Å². The molecule has 3 rings (SSSR count). The summed E-state index contributed by atoms with van der Waals surface area (Å²) in [5, 5.41) is 0. The van der Waals surface area contributed by atoms with Gasteiger partial charge in [0.1, 0.15) is 0 Å². The van der Waals surface area contributed by atoms with Crippen molar-refractivity contribution in [3.05, 3.63) is 63.1 Å². The maximum Gasteiger partial charge on any atom is 0.233 e. The average molecular weight is 356 g/mol. The zero-order chi connectivity index (χ0) is 19.5. The quantitative estimate of drug-likeness (QED) is 0.517. The van der Waals surface area contributed by atoms with Gasteiger partial charge < -0.3 is 8.83 Å². The first-order valence-electron chi connectivity index (χ1n) is 8.52. The number of rotatable bonds is 2. The standard InChI is InChI=1S/C20H20O6/c1-7(2)11-15(23)13(21)9(5)17-19(11)25-18-10(6)14(22)16(24)12(8(3)4)20(18)26-17/h7-8H,1-6H3. The molecule has 136 valence electrons. The lowest BCUT2D eigenvalue weighted by Crippen LogP contribution is -2.31. The first kappa shape index (κ1) is 18.0. The van der Waals surface area contributed by atoms with Crippen molar-refractivity contribution in [2.24, 2.45) is 0 Å². The molecule has 0 aliphatic rings. The maximum absolute atomic E-state index is 12.4. The Bertz CT molecular complexity index is 1170. The van der Waals surface area contributed by atoms with E-state index in [4.69, 9.17) is 8.83 Å². The van der Waals surface area contributed by atoms with Gasteiger partial charge >= 0.3 is 0 Å². The summed E-state index contributed by atoms with van der Waals surface area (Å²) in [4.78, 5) is 49.5. The predicted octanol–water partition coefficient (Wildman–Crippen LogP) is 2.92. The van der Waals surface area contributed by atoms with Gasteiger partial charge in [-0.25, -0.2) is 0 Å². The molecule has 0 amide bonds. The number of aryl methyl sites for hydroxylation is 2. The van der Waals surface area contributed by atoms with E-state index >= 15 is 0 Å². The third kappa shape index (κ3) is 2.32. The van der Waals surface area contributed by atoms with Crippen molar-refractivity contribution < 1.29 is 8.83 Å². The number of benzene rings is 2. The number of hydrogen-bond acceptors (Lipinski definition) is 6. The summed E-state index contributed by atoms with van der Waals surface area (Å²) in [6.07, 6.45) is 0. The second-order valence-electron chi connectivity index (χ2n) is 7.22. The van der Waals surface area contributed by atoms with Gasteiger partial charge in [0.05, 0.1) is 11.1 Å². The molecule has 0 radical (unpaired) electrons. The summed E-state index contributed by atoms with van der Waals surface area (Å²) >= 11 is 0. The lowest BCUT2D eigenvalue weighted by atomic mass is 9.98. The van der Waals surface area contributed by atoms with E-state index in [1.165, 1.54) is 13.8 Å². The van der Waals surface area contributed by atoms with Crippen LogP contribution in [0.25, 0.3) is 22.3 Å². The molecular weight excluding hydrogens is 336 g/mol. The van der Waals surface area contributed by atoms with E-state index in [1.54, 1.807) is 27.7 Å². The Hall–Kier alpha value is -2.76. The zero-order valence-electron chi connectivity index (χ0n) is 15.6. The number of hydrogen-bond donors (Lipinski definition) is 0. The predicted molar refractivity (Wildman–Crippen MR) is 99.9 cm³/mol. The molecule has 0 unspecified atom stereocenters. The molecule has 0 spiro atoms. The second-order valence-corrected chi connectivity index (χ2v) is 7.22. The first-order valence-corrected chi connectivity index (χ1v) is 8.52. The largest absolute Gasteiger partial charge is 0.449 e. The first-order chi connectivity index (χ1) is 12.1. The molecule has 0 fully saturated rings. The van der Waals surface area contributed by atoms with E-state index in [0.29, 0.717) is 0 Å². The van der Waals surface area contributed by atoms with E-state index < -0.39 is 21.7 Å². The molecule has 0 N–H and O–H groups in total. The van der Waals surface area contributed by atoms with Crippen LogP contribution in [0.1, 0.15) is 61.8 Å². The van der Waals surface area contributed by atoms with Crippen molar-refractivity contribution in [2.75, 3.05) is 0 Å². The van der Waals surface area contributed by atoms with Gasteiger partial charge in [0, 0.05) is 11.1 Å². The lowest BCUT2D eigenvalue weighted by Gasteiger charge is -2.13. The fourth-order valence-electron chi connectivity index (χ4n) is 3.28. The summed E-state index contributed by atoms with van der Waals surface area (Å²) in [5.74, 6) is -0.546. The summed E-state index contributed by atoms with van der Waals surface area (Å²) in [6, 6.07) is 0. The molecule has 0 bridgehead atoms. The van der Waals surface area contributed by atoms with Crippen molar-refractivity contribution >= 4 is 22.3 Å². The van der Waals surface area contributed by atoms with Gasteiger partial charge in [0.15, 0.2) is 22.3 Å². The minimum absolute atomic E-state index is 0.131. The van der Waals surface area contributed by atoms with Gasteiger partial charge in [-0.2, -0.15) is 0 Å². The third-order valence-corrected chi connectivity index (χ3v) is 4.73. The molecule has 6 heteroatoms. The lowest BCUT2D eigenvalue weighted by molar-refractivity contribution is 0.563. The topological polar surface area (TPSA) is 94.6 Å². The Morgan fingerprint density at radius 1 is 0.538 bits per heavy atom. The molecule has 3 aromatic rings. The van der Waals surface area contributed by atoms with Crippen LogP contribution in [-0.2, 0) is 0 Å². The van der Waals surface area contributed by atoms with Crippen molar-refractivity contribution in [1.82, 2.24) is 0 Å². The van der Waals surface area contributed by atoms with Crippen LogP contribution in [0, 0.1) is 13.8 Å². The fourth-order valence-corrected chi connectivity index (χ4v) is 3.28. The molecule has 6 nitrogen and oxygen atoms in total. The van der Waals surface area contributed by atoms with Crippen LogP contribution < -0.4 is 21.7 Å². The minimum atomic E-state index is -0.648. The van der Waals surface area contributed by atoms with Crippen LogP contribution in [0.2, 0.25) is 0 Å². The molecule has 0 aliphatic heterocycles. The van der Waals surface area contributed by atoms with Crippen LogP contribution in [0.15, 0.2) is 28.0 Å². The summed E-state index contributed by atoms with van der Waals surface area (Å²) in [7, 11) is 0. The number of fused-ring (bicyclic) bond motifs is 2. The van der Waals surface area contributed by atoms with E-state index in [-0.39, 0.29) is 56.4 Å². The zero-order valence-corrected chi connectivity index (χ0v) is 15.6. The molecule has 1 heterocycles. The van der Waals surface area contributed by atoms with Crippen LogP contribution in [0.4, 0.5) is 0 Å². The Kier molecular flexibility index (Phi) is 4.09. The molecule has 0 atom stereocenters. The highest BCUT2D eigenvalue weighted by Gasteiger charge is 2.25.